The topological polar surface area (TPSA) is 75.3 Å². The van der Waals surface area contributed by atoms with E-state index in [1.807, 2.05) is 36.4 Å². The largest absolute Gasteiger partial charge is 0.466 e. The summed E-state index contributed by atoms with van der Waals surface area (Å²) in [7, 11) is 0. The monoisotopic (exact) mass is 256 g/mol. The van der Waals surface area contributed by atoms with Crippen molar-refractivity contribution in [2.45, 2.75) is 12.6 Å². The molecule has 2 aromatic rings. The lowest BCUT2D eigenvalue weighted by atomic mass is 10.2. The maximum absolute atomic E-state index is 11.6. The van der Waals surface area contributed by atoms with Crippen molar-refractivity contribution >= 4 is 6.09 Å². The average Bonchev–Trinajstić information content (AvgIpc) is 2.97. The van der Waals surface area contributed by atoms with E-state index in [0.29, 0.717) is 5.76 Å². The summed E-state index contributed by atoms with van der Waals surface area (Å²) in [5.74, 6) is 0.374. The predicted molar refractivity (Wildman–Crippen MR) is 66.8 cm³/mol. The Morgan fingerprint density at radius 1 is 1.32 bits per heavy atom. The van der Waals surface area contributed by atoms with Crippen LogP contribution in [0, 0.1) is 11.3 Å². The molecule has 0 saturated heterocycles. The molecule has 19 heavy (non-hydrogen) atoms. The number of furan rings is 1. The molecule has 1 atom stereocenters. The van der Waals surface area contributed by atoms with Gasteiger partial charge in [0.15, 0.2) is 6.04 Å². The van der Waals surface area contributed by atoms with E-state index in [-0.39, 0.29) is 6.61 Å². The Kier molecular flexibility index (Phi) is 4.19. The fourth-order valence-electron chi connectivity index (χ4n) is 1.51. The molecule has 96 valence electrons. The predicted octanol–water partition coefficient (Wildman–Crippen LogP) is 2.77. The van der Waals surface area contributed by atoms with Gasteiger partial charge in [-0.3, -0.25) is 5.32 Å². The summed E-state index contributed by atoms with van der Waals surface area (Å²) in [5, 5.41) is 11.4. The minimum atomic E-state index is -0.849. The van der Waals surface area contributed by atoms with Crippen molar-refractivity contribution in [3.63, 3.8) is 0 Å². The van der Waals surface area contributed by atoms with Crippen LogP contribution in [0.2, 0.25) is 0 Å². The Morgan fingerprint density at radius 2 is 2.11 bits per heavy atom. The van der Waals surface area contributed by atoms with Crippen molar-refractivity contribution in [1.29, 1.82) is 5.26 Å². The summed E-state index contributed by atoms with van der Waals surface area (Å²) < 4.78 is 10.1. The molecule has 0 fully saturated rings. The van der Waals surface area contributed by atoms with Gasteiger partial charge in [-0.25, -0.2) is 4.79 Å². The molecule has 0 spiro atoms. The smallest absolute Gasteiger partial charge is 0.408 e. The second kappa shape index (κ2) is 6.26. The molecule has 0 aliphatic carbocycles. The van der Waals surface area contributed by atoms with Crippen LogP contribution in [0.25, 0.3) is 0 Å². The van der Waals surface area contributed by atoms with Crippen LogP contribution in [0.5, 0.6) is 0 Å². The second-order valence-electron chi connectivity index (χ2n) is 3.78. The number of hydrogen-bond donors (Lipinski definition) is 1. The number of nitrogens with one attached hydrogen (secondary N) is 1. The SMILES string of the molecule is N#C[C@H](NC(=O)OCc1ccccc1)c1ccco1. The maximum Gasteiger partial charge on any atom is 0.408 e. The Morgan fingerprint density at radius 3 is 2.74 bits per heavy atom. The highest BCUT2D eigenvalue weighted by atomic mass is 16.5. The molecule has 0 bridgehead atoms. The molecule has 1 amide bonds. The van der Waals surface area contributed by atoms with Gasteiger partial charge in [0.25, 0.3) is 0 Å². The van der Waals surface area contributed by atoms with E-state index < -0.39 is 12.1 Å². The molecule has 1 N–H and O–H groups in total. The van der Waals surface area contributed by atoms with Gasteiger partial charge in [0.05, 0.1) is 12.3 Å². The first kappa shape index (κ1) is 12.7. The molecule has 0 aliphatic heterocycles. The Hall–Kier alpha value is -2.74. The number of nitrogens with zero attached hydrogens (tertiary/aromatic N) is 1. The van der Waals surface area contributed by atoms with Gasteiger partial charge in [0.1, 0.15) is 12.4 Å². The van der Waals surface area contributed by atoms with Crippen LogP contribution < -0.4 is 5.32 Å². The molecule has 0 saturated carbocycles. The number of amides is 1. The van der Waals surface area contributed by atoms with Gasteiger partial charge in [-0.05, 0) is 17.7 Å². The first-order chi connectivity index (χ1) is 9.29. The highest BCUT2D eigenvalue weighted by Crippen LogP contribution is 2.12. The van der Waals surface area contributed by atoms with Crippen LogP contribution in [-0.2, 0) is 11.3 Å². The van der Waals surface area contributed by atoms with Crippen molar-refractivity contribution in [2.24, 2.45) is 0 Å². The zero-order valence-corrected chi connectivity index (χ0v) is 10.1. The molecule has 5 heteroatoms. The van der Waals surface area contributed by atoms with Crippen molar-refractivity contribution < 1.29 is 13.9 Å². The van der Waals surface area contributed by atoms with E-state index in [9.17, 15) is 4.79 Å². The lowest BCUT2D eigenvalue weighted by Gasteiger charge is -2.09. The van der Waals surface area contributed by atoms with E-state index in [1.54, 1.807) is 12.1 Å². The van der Waals surface area contributed by atoms with Crippen LogP contribution >= 0.6 is 0 Å². The molecule has 1 aromatic heterocycles. The molecule has 0 unspecified atom stereocenters. The molecule has 5 nitrogen and oxygen atoms in total. The summed E-state index contributed by atoms with van der Waals surface area (Å²) in [4.78, 5) is 11.6. The third-order valence-corrected chi connectivity index (χ3v) is 2.43. The summed E-state index contributed by atoms with van der Waals surface area (Å²) in [6, 6.07) is 13.6. The number of ether oxygens (including phenoxy) is 1. The molecule has 2 rings (SSSR count). The van der Waals surface area contributed by atoms with Gasteiger partial charge >= 0.3 is 6.09 Å². The number of hydrogen-bond acceptors (Lipinski definition) is 4. The Labute approximate surface area is 110 Å². The van der Waals surface area contributed by atoms with Crippen LogP contribution in [0.3, 0.4) is 0 Å². The third-order valence-electron chi connectivity index (χ3n) is 2.43. The van der Waals surface area contributed by atoms with Crippen molar-refractivity contribution in [3.8, 4) is 6.07 Å². The zero-order chi connectivity index (χ0) is 13.5. The van der Waals surface area contributed by atoms with Crippen LogP contribution in [-0.4, -0.2) is 6.09 Å². The number of nitriles is 1. The number of rotatable bonds is 4. The number of alkyl carbamates (subject to hydrolysis) is 1. The summed E-state index contributed by atoms with van der Waals surface area (Å²) in [6.45, 7) is 0.156. The molecule has 1 aromatic carbocycles. The maximum atomic E-state index is 11.6. The molecule has 0 aliphatic rings. The fourth-order valence-corrected chi connectivity index (χ4v) is 1.51. The lowest BCUT2D eigenvalue weighted by Crippen LogP contribution is -2.27. The second-order valence-corrected chi connectivity index (χ2v) is 3.78. The fraction of sp³-hybridized carbons (Fsp3) is 0.143. The minimum absolute atomic E-state index is 0.156. The van der Waals surface area contributed by atoms with Crippen molar-refractivity contribution in [2.75, 3.05) is 0 Å². The normalized spacial score (nSPS) is 11.3. The van der Waals surface area contributed by atoms with Crippen LogP contribution in [0.1, 0.15) is 17.4 Å². The number of carbonyl (C=O) groups is 1. The highest BCUT2D eigenvalue weighted by molar-refractivity contribution is 5.68. The molecular formula is C14H12N2O3. The Bertz CT molecular complexity index is 558. The number of benzene rings is 1. The van der Waals surface area contributed by atoms with Gasteiger partial charge in [-0.1, -0.05) is 30.3 Å². The zero-order valence-electron chi connectivity index (χ0n) is 10.1. The van der Waals surface area contributed by atoms with Gasteiger partial charge in [0.2, 0.25) is 0 Å². The first-order valence-corrected chi connectivity index (χ1v) is 5.70. The minimum Gasteiger partial charge on any atom is -0.466 e. The summed E-state index contributed by atoms with van der Waals surface area (Å²) >= 11 is 0. The summed E-state index contributed by atoms with van der Waals surface area (Å²) in [6.07, 6.45) is 0.781. The van der Waals surface area contributed by atoms with Gasteiger partial charge < -0.3 is 9.15 Å². The van der Waals surface area contributed by atoms with E-state index in [0.717, 1.165) is 5.56 Å². The van der Waals surface area contributed by atoms with E-state index in [4.69, 9.17) is 14.4 Å². The standard InChI is InChI=1S/C14H12N2O3/c15-9-12(13-7-4-8-18-13)16-14(17)19-10-11-5-2-1-3-6-11/h1-8,12H,10H2,(H,16,17)/t12-/m0/s1. The number of carbonyl (C=O) groups excluding carboxylic acids is 1. The molecule has 1 heterocycles. The van der Waals surface area contributed by atoms with E-state index >= 15 is 0 Å². The van der Waals surface area contributed by atoms with Crippen molar-refractivity contribution in [1.82, 2.24) is 5.32 Å². The van der Waals surface area contributed by atoms with E-state index in [2.05, 4.69) is 5.32 Å². The first-order valence-electron chi connectivity index (χ1n) is 5.70. The van der Waals surface area contributed by atoms with Gasteiger partial charge in [-0.15, -0.1) is 0 Å². The van der Waals surface area contributed by atoms with Crippen molar-refractivity contribution in [3.05, 3.63) is 60.1 Å². The quantitative estimate of drug-likeness (QED) is 0.912. The molecular weight excluding hydrogens is 244 g/mol. The Balaban J connectivity index is 1.86. The average molecular weight is 256 g/mol. The third kappa shape index (κ3) is 3.61. The van der Waals surface area contributed by atoms with E-state index in [1.165, 1.54) is 6.26 Å². The highest BCUT2D eigenvalue weighted by Gasteiger charge is 2.16. The van der Waals surface area contributed by atoms with Crippen LogP contribution in [0.15, 0.2) is 53.1 Å². The van der Waals surface area contributed by atoms with Gasteiger partial charge in [0, 0.05) is 0 Å². The van der Waals surface area contributed by atoms with Crippen LogP contribution in [0.4, 0.5) is 4.79 Å². The molecule has 0 radical (unpaired) electrons. The lowest BCUT2D eigenvalue weighted by molar-refractivity contribution is 0.136. The summed E-state index contributed by atoms with van der Waals surface area (Å²) in [5.41, 5.74) is 0.879. The van der Waals surface area contributed by atoms with Gasteiger partial charge in [-0.2, -0.15) is 5.26 Å².